The number of para-hydroxylation sites is 2. The molecule has 1 unspecified atom stereocenters. The molecule has 152 valence electrons. The first-order chi connectivity index (χ1) is 13.5. The average Bonchev–Trinajstić information content (AvgIpc) is 2.69. The van der Waals surface area contributed by atoms with Crippen molar-refractivity contribution >= 4 is 23.6 Å². The topological polar surface area (TPSA) is 88.2 Å². The second kappa shape index (κ2) is 8.95. The molecular weight excluding hydrogens is 362 g/mol. The molecule has 0 radical (unpaired) electrons. The van der Waals surface area contributed by atoms with Crippen molar-refractivity contribution in [2.24, 2.45) is 0 Å². The second-order valence-corrected chi connectivity index (χ2v) is 7.00. The molecule has 0 spiro atoms. The number of hydrogen-bond acceptors (Lipinski definition) is 5. The van der Waals surface area contributed by atoms with Gasteiger partial charge in [0, 0.05) is 32.1 Å². The van der Waals surface area contributed by atoms with E-state index < -0.39 is 6.10 Å². The monoisotopic (exact) mass is 389 g/mol. The van der Waals surface area contributed by atoms with Gasteiger partial charge >= 0.3 is 6.09 Å². The van der Waals surface area contributed by atoms with E-state index in [9.17, 15) is 14.4 Å². The summed E-state index contributed by atoms with van der Waals surface area (Å²) in [5.41, 5.74) is 0.696. The molecule has 8 nitrogen and oxygen atoms in total. The largest absolute Gasteiger partial charge is 0.479 e. The number of carbonyl (C=O) groups is 3. The first kappa shape index (κ1) is 20.0. The van der Waals surface area contributed by atoms with Crippen molar-refractivity contribution in [3.05, 3.63) is 24.3 Å². The Kier molecular flexibility index (Phi) is 6.38. The van der Waals surface area contributed by atoms with Crippen molar-refractivity contribution < 1.29 is 23.9 Å². The Morgan fingerprint density at radius 3 is 2.68 bits per heavy atom. The van der Waals surface area contributed by atoms with Crippen molar-refractivity contribution in [1.29, 1.82) is 0 Å². The standard InChI is InChI=1S/C20H27N3O5/c1-3-27-20(26)22-11-8-15(9-12-22)21-18(24)10-13-23-16-6-4-5-7-17(16)28-14(2)19(23)25/h4-7,14-15H,3,8-13H2,1-2H3,(H,21,24). The number of nitrogens with zero attached hydrogens (tertiary/aromatic N) is 2. The molecule has 1 fully saturated rings. The fourth-order valence-electron chi connectivity index (χ4n) is 3.52. The van der Waals surface area contributed by atoms with E-state index in [1.165, 1.54) is 0 Å². The Morgan fingerprint density at radius 2 is 1.96 bits per heavy atom. The maximum absolute atomic E-state index is 12.5. The van der Waals surface area contributed by atoms with Crippen LogP contribution >= 0.6 is 0 Å². The molecule has 0 aromatic heterocycles. The van der Waals surface area contributed by atoms with Gasteiger partial charge in [0.05, 0.1) is 12.3 Å². The lowest BCUT2D eigenvalue weighted by Crippen LogP contribution is -2.48. The zero-order valence-electron chi connectivity index (χ0n) is 16.3. The molecule has 0 saturated carbocycles. The molecule has 2 heterocycles. The zero-order chi connectivity index (χ0) is 20.1. The quantitative estimate of drug-likeness (QED) is 0.831. The summed E-state index contributed by atoms with van der Waals surface area (Å²) in [7, 11) is 0. The number of ether oxygens (including phenoxy) is 2. The van der Waals surface area contributed by atoms with Crippen LogP contribution in [0.4, 0.5) is 10.5 Å². The Bertz CT molecular complexity index is 730. The summed E-state index contributed by atoms with van der Waals surface area (Å²) in [6.07, 6.45) is 0.739. The van der Waals surface area contributed by atoms with E-state index in [1.54, 1.807) is 23.6 Å². The number of carbonyl (C=O) groups excluding carboxylic acids is 3. The van der Waals surface area contributed by atoms with Gasteiger partial charge in [-0.1, -0.05) is 12.1 Å². The number of anilines is 1. The van der Waals surface area contributed by atoms with Crippen molar-refractivity contribution in [3.8, 4) is 5.75 Å². The van der Waals surface area contributed by atoms with Crippen molar-refractivity contribution in [2.75, 3.05) is 31.1 Å². The van der Waals surface area contributed by atoms with Gasteiger partial charge in [-0.05, 0) is 38.8 Å². The van der Waals surface area contributed by atoms with Gasteiger partial charge in [-0.3, -0.25) is 9.59 Å². The molecule has 8 heteroatoms. The lowest BCUT2D eigenvalue weighted by molar-refractivity contribution is -0.125. The van der Waals surface area contributed by atoms with Crippen LogP contribution in [-0.4, -0.2) is 61.2 Å². The maximum atomic E-state index is 12.5. The fraction of sp³-hybridized carbons (Fsp3) is 0.550. The van der Waals surface area contributed by atoms with Crippen molar-refractivity contribution in [3.63, 3.8) is 0 Å². The third kappa shape index (κ3) is 4.55. The van der Waals surface area contributed by atoms with E-state index in [4.69, 9.17) is 9.47 Å². The summed E-state index contributed by atoms with van der Waals surface area (Å²) in [5.74, 6) is 0.412. The van der Waals surface area contributed by atoms with Gasteiger partial charge in [0.25, 0.3) is 5.91 Å². The number of benzene rings is 1. The molecule has 2 aliphatic rings. The average molecular weight is 389 g/mol. The number of rotatable bonds is 5. The summed E-state index contributed by atoms with van der Waals surface area (Å²) >= 11 is 0. The van der Waals surface area contributed by atoms with Gasteiger partial charge in [-0.25, -0.2) is 4.79 Å². The fourth-order valence-corrected chi connectivity index (χ4v) is 3.52. The van der Waals surface area contributed by atoms with Crippen LogP contribution < -0.4 is 15.0 Å². The van der Waals surface area contributed by atoms with Crippen LogP contribution in [0.1, 0.15) is 33.1 Å². The number of likely N-dealkylation sites (tertiary alicyclic amines) is 1. The van der Waals surface area contributed by atoms with Crippen LogP contribution in [0.15, 0.2) is 24.3 Å². The number of nitrogens with one attached hydrogen (secondary N) is 1. The SMILES string of the molecule is CCOC(=O)N1CCC(NC(=O)CCN2C(=O)C(C)Oc3ccccc32)CC1. The lowest BCUT2D eigenvalue weighted by atomic mass is 10.1. The Morgan fingerprint density at radius 1 is 1.25 bits per heavy atom. The molecule has 1 aromatic rings. The third-order valence-electron chi connectivity index (χ3n) is 5.02. The molecule has 0 bridgehead atoms. The minimum atomic E-state index is -0.565. The smallest absolute Gasteiger partial charge is 0.409 e. The molecule has 3 amide bonds. The molecule has 0 aliphatic carbocycles. The predicted molar refractivity (Wildman–Crippen MR) is 103 cm³/mol. The highest BCUT2D eigenvalue weighted by molar-refractivity contribution is 6.00. The van der Waals surface area contributed by atoms with Crippen LogP contribution in [0, 0.1) is 0 Å². The molecule has 3 rings (SSSR count). The molecular formula is C20H27N3O5. The zero-order valence-corrected chi connectivity index (χ0v) is 16.3. The van der Waals surface area contributed by atoms with Crippen molar-refractivity contribution in [2.45, 2.75) is 45.3 Å². The normalized spacial score (nSPS) is 19.6. The highest BCUT2D eigenvalue weighted by Gasteiger charge is 2.31. The van der Waals surface area contributed by atoms with Gasteiger partial charge in [-0.15, -0.1) is 0 Å². The molecule has 1 saturated heterocycles. The summed E-state index contributed by atoms with van der Waals surface area (Å²) in [4.78, 5) is 39.9. The molecule has 28 heavy (non-hydrogen) atoms. The Balaban J connectivity index is 1.49. The third-order valence-corrected chi connectivity index (χ3v) is 5.02. The number of amides is 3. The van der Waals surface area contributed by atoms with E-state index in [0.717, 1.165) is 0 Å². The molecule has 1 atom stereocenters. The number of fused-ring (bicyclic) bond motifs is 1. The first-order valence-electron chi connectivity index (χ1n) is 9.77. The van der Waals surface area contributed by atoms with Crippen LogP contribution in [-0.2, 0) is 14.3 Å². The first-order valence-corrected chi connectivity index (χ1v) is 9.77. The van der Waals surface area contributed by atoms with Gasteiger partial charge in [-0.2, -0.15) is 0 Å². The van der Waals surface area contributed by atoms with E-state index >= 15 is 0 Å². The van der Waals surface area contributed by atoms with E-state index in [0.29, 0.717) is 50.5 Å². The number of piperidine rings is 1. The second-order valence-electron chi connectivity index (χ2n) is 7.00. The summed E-state index contributed by atoms with van der Waals surface area (Å²) in [6, 6.07) is 7.38. The van der Waals surface area contributed by atoms with Gasteiger partial charge in [0.2, 0.25) is 5.91 Å². The van der Waals surface area contributed by atoms with Crippen LogP contribution in [0.3, 0.4) is 0 Å². The molecule has 2 aliphatic heterocycles. The summed E-state index contributed by atoms with van der Waals surface area (Å²) in [5, 5.41) is 3.01. The predicted octanol–water partition coefficient (Wildman–Crippen LogP) is 1.93. The van der Waals surface area contributed by atoms with E-state index in [-0.39, 0.29) is 30.4 Å². The minimum absolute atomic E-state index is 0.0322. The summed E-state index contributed by atoms with van der Waals surface area (Å²) in [6.45, 7) is 5.29. The number of hydrogen-bond donors (Lipinski definition) is 1. The van der Waals surface area contributed by atoms with Gasteiger partial charge in [0.15, 0.2) is 6.10 Å². The van der Waals surface area contributed by atoms with E-state index in [1.807, 2.05) is 24.3 Å². The maximum Gasteiger partial charge on any atom is 0.409 e. The van der Waals surface area contributed by atoms with Gasteiger partial charge in [0.1, 0.15) is 5.75 Å². The highest BCUT2D eigenvalue weighted by atomic mass is 16.6. The lowest BCUT2D eigenvalue weighted by Gasteiger charge is -2.33. The van der Waals surface area contributed by atoms with E-state index in [2.05, 4.69) is 5.32 Å². The van der Waals surface area contributed by atoms with Crippen LogP contribution in [0.25, 0.3) is 0 Å². The van der Waals surface area contributed by atoms with Crippen LogP contribution in [0.2, 0.25) is 0 Å². The van der Waals surface area contributed by atoms with Crippen molar-refractivity contribution in [1.82, 2.24) is 10.2 Å². The van der Waals surface area contributed by atoms with Crippen LogP contribution in [0.5, 0.6) is 5.75 Å². The minimum Gasteiger partial charge on any atom is -0.479 e. The molecule has 1 aromatic carbocycles. The Hall–Kier alpha value is -2.77. The van der Waals surface area contributed by atoms with Gasteiger partial charge < -0.3 is 24.6 Å². The summed E-state index contributed by atoms with van der Waals surface area (Å²) < 4.78 is 10.6. The molecule has 1 N–H and O–H groups in total. The highest BCUT2D eigenvalue weighted by Crippen LogP contribution is 2.33. The Labute approximate surface area is 164 Å².